The van der Waals surface area contributed by atoms with E-state index in [-0.39, 0.29) is 31.4 Å². The number of nitrogens with one attached hydrogen (secondary N) is 1. The van der Waals surface area contributed by atoms with Gasteiger partial charge >= 0.3 is 0 Å². The Morgan fingerprint density at radius 3 is 2.29 bits per heavy atom. The molecular formula is C27H25FN4O3. The lowest BCUT2D eigenvalue weighted by Gasteiger charge is -2.22. The van der Waals surface area contributed by atoms with E-state index in [2.05, 4.69) is 10.4 Å². The Hall–Kier alpha value is -4.30. The number of hydrogen-bond donors (Lipinski definition) is 1. The number of hydrogen-bond acceptors (Lipinski definition) is 4. The van der Waals surface area contributed by atoms with E-state index >= 15 is 0 Å². The molecule has 4 aromatic rings. The van der Waals surface area contributed by atoms with Gasteiger partial charge in [-0.25, -0.2) is 9.07 Å². The molecule has 0 atom stereocenters. The first-order chi connectivity index (χ1) is 17.0. The highest BCUT2D eigenvalue weighted by molar-refractivity contribution is 5.99. The Bertz CT molecular complexity index is 1280. The van der Waals surface area contributed by atoms with Crippen LogP contribution in [0.2, 0.25) is 0 Å². The summed E-state index contributed by atoms with van der Waals surface area (Å²) in [5.41, 5.74) is 2.58. The number of ether oxygens (including phenoxy) is 1. The summed E-state index contributed by atoms with van der Waals surface area (Å²) < 4.78 is 20.2. The maximum Gasteiger partial charge on any atom is 0.254 e. The molecule has 3 aromatic carbocycles. The molecular weight excluding hydrogens is 447 g/mol. The van der Waals surface area contributed by atoms with E-state index in [1.807, 2.05) is 36.4 Å². The molecule has 8 heteroatoms. The van der Waals surface area contributed by atoms with Gasteiger partial charge in [0.1, 0.15) is 18.2 Å². The van der Waals surface area contributed by atoms with Gasteiger partial charge < -0.3 is 15.0 Å². The minimum absolute atomic E-state index is 0.174. The molecule has 1 heterocycles. The fourth-order valence-electron chi connectivity index (χ4n) is 3.57. The first-order valence-electron chi connectivity index (χ1n) is 11.1. The van der Waals surface area contributed by atoms with Crippen molar-refractivity contribution in [3.05, 3.63) is 102 Å². The predicted molar refractivity (Wildman–Crippen MR) is 132 cm³/mol. The Morgan fingerprint density at radius 1 is 0.971 bits per heavy atom. The van der Waals surface area contributed by atoms with Crippen LogP contribution in [0.1, 0.15) is 10.4 Å². The Labute approximate surface area is 202 Å². The van der Waals surface area contributed by atoms with Crippen LogP contribution in [0.3, 0.4) is 0 Å². The zero-order valence-electron chi connectivity index (χ0n) is 19.2. The number of rotatable bonds is 9. The second-order valence-corrected chi connectivity index (χ2v) is 7.80. The molecule has 7 nitrogen and oxygen atoms in total. The van der Waals surface area contributed by atoms with E-state index in [9.17, 15) is 14.0 Å². The second kappa shape index (κ2) is 11.2. The molecule has 0 fully saturated rings. The molecule has 1 aromatic heterocycles. The molecule has 0 bridgehead atoms. The number of carbonyl (C=O) groups is 2. The average molecular weight is 473 g/mol. The van der Waals surface area contributed by atoms with Gasteiger partial charge in [0.25, 0.3) is 5.91 Å². The molecule has 1 N–H and O–H groups in total. The van der Waals surface area contributed by atoms with Crippen molar-refractivity contribution in [2.24, 2.45) is 0 Å². The molecule has 178 valence electrons. The van der Waals surface area contributed by atoms with Gasteiger partial charge in [-0.3, -0.25) is 9.59 Å². The molecule has 35 heavy (non-hydrogen) atoms. The maximum atomic E-state index is 13.5. The predicted octanol–water partition coefficient (Wildman–Crippen LogP) is 4.41. The first-order valence-corrected chi connectivity index (χ1v) is 11.1. The highest BCUT2D eigenvalue weighted by Crippen LogP contribution is 2.25. The molecule has 0 aliphatic rings. The lowest BCUT2D eigenvalue weighted by Crippen LogP contribution is -2.40. The SMILES string of the molecule is COCCN(CC(=O)Nc1cc(-c2ccccc2)nn1-c1ccc(F)cc1)C(=O)c1ccccc1. The summed E-state index contributed by atoms with van der Waals surface area (Å²) in [5.74, 6) is -0.634. The summed E-state index contributed by atoms with van der Waals surface area (Å²) in [4.78, 5) is 27.5. The largest absolute Gasteiger partial charge is 0.383 e. The van der Waals surface area contributed by atoms with Gasteiger partial charge in [0.15, 0.2) is 0 Å². The Kier molecular flexibility index (Phi) is 7.64. The summed E-state index contributed by atoms with van der Waals surface area (Å²) in [6, 6.07) is 25.9. The third kappa shape index (κ3) is 5.99. The first kappa shape index (κ1) is 23.8. The molecule has 2 amide bonds. The molecule has 0 radical (unpaired) electrons. The number of halogens is 1. The van der Waals surface area contributed by atoms with Gasteiger partial charge in [-0.05, 0) is 36.4 Å². The van der Waals surface area contributed by atoms with Gasteiger partial charge in [0.05, 0.1) is 18.0 Å². The summed E-state index contributed by atoms with van der Waals surface area (Å²) in [6.45, 7) is 0.369. The van der Waals surface area contributed by atoms with Crippen LogP contribution >= 0.6 is 0 Å². The van der Waals surface area contributed by atoms with Gasteiger partial charge in [-0.15, -0.1) is 0 Å². The Morgan fingerprint density at radius 2 is 1.63 bits per heavy atom. The van der Waals surface area contributed by atoms with Crippen molar-refractivity contribution < 1.29 is 18.7 Å². The van der Waals surface area contributed by atoms with Crippen LogP contribution in [0.5, 0.6) is 0 Å². The molecule has 0 saturated heterocycles. The molecule has 4 rings (SSSR count). The minimum atomic E-state index is -0.395. The monoisotopic (exact) mass is 472 g/mol. The van der Waals surface area contributed by atoms with Crippen molar-refractivity contribution in [1.82, 2.24) is 14.7 Å². The highest BCUT2D eigenvalue weighted by atomic mass is 19.1. The molecule has 0 saturated carbocycles. The lowest BCUT2D eigenvalue weighted by molar-refractivity contribution is -0.117. The van der Waals surface area contributed by atoms with Crippen molar-refractivity contribution >= 4 is 17.6 Å². The normalized spacial score (nSPS) is 10.7. The highest BCUT2D eigenvalue weighted by Gasteiger charge is 2.20. The van der Waals surface area contributed by atoms with Crippen molar-refractivity contribution in [1.29, 1.82) is 0 Å². The quantitative estimate of drug-likeness (QED) is 0.392. The van der Waals surface area contributed by atoms with Crippen molar-refractivity contribution in [3.8, 4) is 16.9 Å². The van der Waals surface area contributed by atoms with E-state index in [4.69, 9.17) is 4.74 Å². The number of nitrogens with zero attached hydrogens (tertiary/aromatic N) is 3. The van der Waals surface area contributed by atoms with Crippen LogP contribution in [0.15, 0.2) is 91.0 Å². The third-order valence-corrected chi connectivity index (χ3v) is 5.33. The second-order valence-electron chi connectivity index (χ2n) is 7.80. The zero-order chi connectivity index (χ0) is 24.6. The zero-order valence-corrected chi connectivity index (χ0v) is 19.2. The number of methoxy groups -OCH3 is 1. The topological polar surface area (TPSA) is 76.5 Å². The number of anilines is 1. The van der Waals surface area contributed by atoms with Crippen LogP contribution in [-0.2, 0) is 9.53 Å². The smallest absolute Gasteiger partial charge is 0.254 e. The summed E-state index contributed by atoms with van der Waals surface area (Å²) in [7, 11) is 1.54. The number of amides is 2. The number of carbonyl (C=O) groups excluding carboxylic acids is 2. The summed E-state index contributed by atoms with van der Waals surface area (Å²) in [5, 5.41) is 7.48. The van der Waals surface area contributed by atoms with E-state index in [1.54, 1.807) is 42.5 Å². The number of aromatic nitrogens is 2. The Balaban J connectivity index is 1.59. The van der Waals surface area contributed by atoms with E-state index in [0.717, 1.165) is 5.56 Å². The summed E-state index contributed by atoms with van der Waals surface area (Å²) in [6.07, 6.45) is 0. The summed E-state index contributed by atoms with van der Waals surface area (Å²) >= 11 is 0. The fourth-order valence-corrected chi connectivity index (χ4v) is 3.57. The van der Waals surface area contributed by atoms with Crippen LogP contribution < -0.4 is 5.32 Å². The van der Waals surface area contributed by atoms with Gasteiger partial charge in [0.2, 0.25) is 5.91 Å². The average Bonchev–Trinajstić information content (AvgIpc) is 3.31. The van der Waals surface area contributed by atoms with Crippen LogP contribution in [0.4, 0.5) is 10.2 Å². The lowest BCUT2D eigenvalue weighted by atomic mass is 10.1. The molecule has 0 aliphatic carbocycles. The van der Waals surface area contributed by atoms with Crippen molar-refractivity contribution in [3.63, 3.8) is 0 Å². The van der Waals surface area contributed by atoms with Crippen LogP contribution in [0, 0.1) is 5.82 Å². The molecule has 0 aliphatic heterocycles. The standard InChI is InChI=1S/C27H25FN4O3/c1-35-17-16-31(27(34)21-10-6-3-7-11-21)19-26(33)29-25-18-24(20-8-4-2-5-9-20)30-32(25)23-14-12-22(28)13-15-23/h2-15,18H,16-17,19H2,1H3,(H,29,33). The minimum Gasteiger partial charge on any atom is -0.383 e. The maximum absolute atomic E-state index is 13.5. The third-order valence-electron chi connectivity index (χ3n) is 5.33. The van der Waals surface area contributed by atoms with E-state index < -0.39 is 5.91 Å². The van der Waals surface area contributed by atoms with Crippen LogP contribution in [-0.4, -0.2) is 53.3 Å². The van der Waals surface area contributed by atoms with Crippen molar-refractivity contribution in [2.75, 3.05) is 32.1 Å². The van der Waals surface area contributed by atoms with Gasteiger partial charge in [-0.2, -0.15) is 5.10 Å². The van der Waals surface area contributed by atoms with E-state index in [0.29, 0.717) is 22.8 Å². The van der Waals surface area contributed by atoms with Gasteiger partial charge in [-0.1, -0.05) is 48.5 Å². The number of benzene rings is 3. The van der Waals surface area contributed by atoms with Crippen LogP contribution in [0.25, 0.3) is 16.9 Å². The molecule has 0 unspecified atom stereocenters. The van der Waals surface area contributed by atoms with Gasteiger partial charge in [0, 0.05) is 30.8 Å². The molecule has 0 spiro atoms. The van der Waals surface area contributed by atoms with E-state index in [1.165, 1.54) is 28.8 Å². The fraction of sp³-hybridized carbons (Fsp3) is 0.148. The van der Waals surface area contributed by atoms with Crippen molar-refractivity contribution in [2.45, 2.75) is 0 Å².